The van der Waals surface area contributed by atoms with E-state index in [2.05, 4.69) is 10.2 Å². The van der Waals surface area contributed by atoms with Crippen LogP contribution in [-0.4, -0.2) is 19.1 Å². The number of nitrogens with one attached hydrogen (secondary N) is 1. The molecular weight excluding hydrogens is 222 g/mol. The van der Waals surface area contributed by atoms with Crippen LogP contribution in [0.1, 0.15) is 25.7 Å². The molecule has 0 saturated carbocycles. The summed E-state index contributed by atoms with van der Waals surface area (Å²) < 4.78 is 26.6. The standard InChI is InChI=1S/C13H16F2N2/c14-10-7-12-13(8-11(10)15)17-6-2-1-3-9(17)4-5-16-12/h7-9,16H,1-6H2. The lowest BCUT2D eigenvalue weighted by Crippen LogP contribution is -2.39. The van der Waals surface area contributed by atoms with Gasteiger partial charge in [-0.2, -0.15) is 0 Å². The molecule has 0 amide bonds. The monoisotopic (exact) mass is 238 g/mol. The SMILES string of the molecule is Fc1cc2c(cc1F)N1CCCCC1CCN2. The van der Waals surface area contributed by atoms with E-state index in [-0.39, 0.29) is 0 Å². The van der Waals surface area contributed by atoms with Crippen molar-refractivity contribution in [3.63, 3.8) is 0 Å². The van der Waals surface area contributed by atoms with Crippen molar-refractivity contribution in [3.8, 4) is 0 Å². The first-order valence-corrected chi connectivity index (χ1v) is 6.25. The smallest absolute Gasteiger partial charge is 0.161 e. The number of hydrogen-bond acceptors (Lipinski definition) is 2. The van der Waals surface area contributed by atoms with Crippen molar-refractivity contribution < 1.29 is 8.78 Å². The summed E-state index contributed by atoms with van der Waals surface area (Å²) in [7, 11) is 0. The number of halogens is 2. The maximum Gasteiger partial charge on any atom is 0.161 e. The van der Waals surface area contributed by atoms with E-state index < -0.39 is 11.6 Å². The highest BCUT2D eigenvalue weighted by Crippen LogP contribution is 2.36. The summed E-state index contributed by atoms with van der Waals surface area (Å²) in [6.07, 6.45) is 4.56. The van der Waals surface area contributed by atoms with Crippen LogP contribution < -0.4 is 10.2 Å². The van der Waals surface area contributed by atoms with Crippen LogP contribution in [0.15, 0.2) is 12.1 Å². The molecule has 3 rings (SSSR count). The molecule has 2 nitrogen and oxygen atoms in total. The molecule has 1 unspecified atom stereocenters. The summed E-state index contributed by atoms with van der Waals surface area (Å²) in [5.74, 6) is -1.52. The molecule has 0 aromatic heterocycles. The molecule has 0 aliphatic carbocycles. The molecule has 2 aliphatic rings. The molecule has 1 atom stereocenters. The molecular formula is C13H16F2N2. The van der Waals surface area contributed by atoms with Crippen molar-refractivity contribution in [2.24, 2.45) is 0 Å². The van der Waals surface area contributed by atoms with Gasteiger partial charge in [-0.3, -0.25) is 0 Å². The number of piperidine rings is 1. The molecule has 1 saturated heterocycles. The van der Waals surface area contributed by atoms with Gasteiger partial charge in [0.15, 0.2) is 11.6 Å². The van der Waals surface area contributed by atoms with E-state index in [1.807, 2.05) is 0 Å². The fraction of sp³-hybridized carbons (Fsp3) is 0.538. The van der Waals surface area contributed by atoms with E-state index >= 15 is 0 Å². The molecule has 4 heteroatoms. The van der Waals surface area contributed by atoms with Crippen LogP contribution in [0.25, 0.3) is 0 Å². The van der Waals surface area contributed by atoms with Gasteiger partial charge in [-0.1, -0.05) is 0 Å². The fourth-order valence-corrected chi connectivity index (χ4v) is 2.91. The van der Waals surface area contributed by atoms with Crippen LogP contribution in [0.4, 0.5) is 20.2 Å². The van der Waals surface area contributed by atoms with Crippen LogP contribution in [-0.2, 0) is 0 Å². The zero-order valence-corrected chi connectivity index (χ0v) is 9.68. The Morgan fingerprint density at radius 3 is 2.82 bits per heavy atom. The average molecular weight is 238 g/mol. The minimum absolute atomic E-state index is 0.474. The Kier molecular flexibility index (Phi) is 2.65. The molecule has 2 aliphatic heterocycles. The summed E-state index contributed by atoms with van der Waals surface area (Å²) in [5.41, 5.74) is 1.56. The van der Waals surface area contributed by atoms with Gasteiger partial charge >= 0.3 is 0 Å². The van der Waals surface area contributed by atoms with Crippen molar-refractivity contribution in [2.75, 3.05) is 23.3 Å². The van der Waals surface area contributed by atoms with Crippen LogP contribution in [0.2, 0.25) is 0 Å². The van der Waals surface area contributed by atoms with E-state index in [1.54, 1.807) is 0 Å². The number of anilines is 2. The third kappa shape index (κ3) is 1.85. The third-order valence-electron chi connectivity index (χ3n) is 3.77. The maximum absolute atomic E-state index is 13.4. The molecule has 17 heavy (non-hydrogen) atoms. The third-order valence-corrected chi connectivity index (χ3v) is 3.77. The number of fused-ring (bicyclic) bond motifs is 3. The van der Waals surface area contributed by atoms with Crippen molar-refractivity contribution in [3.05, 3.63) is 23.8 Å². The predicted octanol–water partition coefficient (Wildman–Crippen LogP) is 3.14. The number of hydrogen-bond donors (Lipinski definition) is 1. The number of benzene rings is 1. The topological polar surface area (TPSA) is 15.3 Å². The second kappa shape index (κ2) is 4.17. The van der Waals surface area contributed by atoms with Crippen LogP contribution in [0, 0.1) is 11.6 Å². The van der Waals surface area contributed by atoms with Crippen molar-refractivity contribution in [2.45, 2.75) is 31.7 Å². The van der Waals surface area contributed by atoms with E-state index in [9.17, 15) is 8.78 Å². The van der Waals surface area contributed by atoms with E-state index in [0.717, 1.165) is 43.7 Å². The van der Waals surface area contributed by atoms with E-state index in [4.69, 9.17) is 0 Å². The Morgan fingerprint density at radius 2 is 1.94 bits per heavy atom. The van der Waals surface area contributed by atoms with Gasteiger partial charge in [0, 0.05) is 31.3 Å². The molecule has 1 N–H and O–H groups in total. The lowest BCUT2D eigenvalue weighted by atomic mass is 9.99. The molecule has 2 heterocycles. The van der Waals surface area contributed by atoms with Crippen LogP contribution >= 0.6 is 0 Å². The van der Waals surface area contributed by atoms with Crippen LogP contribution in [0.5, 0.6) is 0 Å². The fourth-order valence-electron chi connectivity index (χ4n) is 2.91. The van der Waals surface area contributed by atoms with Gasteiger partial charge in [0.2, 0.25) is 0 Å². The normalized spacial score (nSPS) is 23.4. The Labute approximate surface area is 99.6 Å². The molecule has 1 aromatic carbocycles. The Morgan fingerprint density at radius 1 is 1.12 bits per heavy atom. The Bertz CT molecular complexity index is 434. The highest BCUT2D eigenvalue weighted by atomic mass is 19.2. The zero-order chi connectivity index (χ0) is 11.8. The van der Waals surface area contributed by atoms with Gasteiger partial charge in [-0.25, -0.2) is 8.78 Å². The first-order valence-electron chi connectivity index (χ1n) is 6.25. The second-order valence-electron chi connectivity index (χ2n) is 4.84. The van der Waals surface area contributed by atoms with E-state index in [0.29, 0.717) is 6.04 Å². The molecule has 1 fully saturated rings. The molecule has 1 aromatic rings. The lowest BCUT2D eigenvalue weighted by Gasteiger charge is -2.36. The lowest BCUT2D eigenvalue weighted by molar-refractivity contribution is 0.448. The zero-order valence-electron chi connectivity index (χ0n) is 9.68. The minimum atomic E-state index is -0.772. The first-order chi connectivity index (χ1) is 8.25. The summed E-state index contributed by atoms with van der Waals surface area (Å²) >= 11 is 0. The average Bonchev–Trinajstić information content (AvgIpc) is 2.50. The quantitative estimate of drug-likeness (QED) is 0.747. The van der Waals surface area contributed by atoms with Crippen molar-refractivity contribution in [1.82, 2.24) is 0 Å². The second-order valence-corrected chi connectivity index (χ2v) is 4.84. The van der Waals surface area contributed by atoms with Gasteiger partial charge in [-0.05, 0) is 25.7 Å². The first kappa shape index (κ1) is 10.8. The van der Waals surface area contributed by atoms with Gasteiger partial charge in [0.05, 0.1) is 11.4 Å². The summed E-state index contributed by atoms with van der Waals surface area (Å²) in [5, 5.41) is 3.20. The maximum atomic E-state index is 13.4. The van der Waals surface area contributed by atoms with Gasteiger partial charge in [0.1, 0.15) is 0 Å². The molecule has 0 bridgehead atoms. The number of nitrogens with zero attached hydrogens (tertiary/aromatic N) is 1. The van der Waals surface area contributed by atoms with E-state index in [1.165, 1.54) is 18.6 Å². The Hall–Kier alpha value is -1.32. The van der Waals surface area contributed by atoms with Gasteiger partial charge in [-0.15, -0.1) is 0 Å². The number of rotatable bonds is 0. The van der Waals surface area contributed by atoms with Crippen molar-refractivity contribution in [1.29, 1.82) is 0 Å². The largest absolute Gasteiger partial charge is 0.383 e. The molecule has 0 spiro atoms. The Balaban J connectivity index is 2.05. The van der Waals surface area contributed by atoms with Crippen LogP contribution in [0.3, 0.4) is 0 Å². The van der Waals surface area contributed by atoms with Gasteiger partial charge < -0.3 is 10.2 Å². The summed E-state index contributed by atoms with van der Waals surface area (Å²) in [6.45, 7) is 1.78. The van der Waals surface area contributed by atoms with Crippen molar-refractivity contribution >= 4 is 11.4 Å². The highest BCUT2D eigenvalue weighted by molar-refractivity contribution is 5.71. The minimum Gasteiger partial charge on any atom is -0.383 e. The molecule has 0 radical (unpaired) electrons. The summed E-state index contributed by atoms with van der Waals surface area (Å²) in [6, 6.07) is 3.09. The highest BCUT2D eigenvalue weighted by Gasteiger charge is 2.27. The predicted molar refractivity (Wildman–Crippen MR) is 64.4 cm³/mol. The van der Waals surface area contributed by atoms with Gasteiger partial charge in [0.25, 0.3) is 0 Å². The summed E-state index contributed by atoms with van der Waals surface area (Å²) in [4.78, 5) is 2.24. The molecule has 92 valence electrons.